The summed E-state index contributed by atoms with van der Waals surface area (Å²) >= 11 is 8.57. The second-order valence-corrected chi connectivity index (χ2v) is 8.37. The lowest BCUT2D eigenvalue weighted by Gasteiger charge is -2.19. The van der Waals surface area contributed by atoms with Crippen LogP contribution in [-0.4, -0.2) is 21.7 Å². The van der Waals surface area contributed by atoms with Gasteiger partial charge in [-0.2, -0.15) is 0 Å². The number of nitrogens with zero attached hydrogens (tertiary/aromatic N) is 2. The van der Waals surface area contributed by atoms with Crippen LogP contribution in [0.25, 0.3) is 0 Å². The third kappa shape index (κ3) is 2.99. The van der Waals surface area contributed by atoms with E-state index in [-0.39, 0.29) is 5.91 Å². The van der Waals surface area contributed by atoms with Gasteiger partial charge in [0, 0.05) is 11.4 Å². The van der Waals surface area contributed by atoms with Crippen molar-refractivity contribution in [2.24, 2.45) is 0 Å². The van der Waals surface area contributed by atoms with Crippen LogP contribution in [0.4, 0.5) is 5.69 Å². The number of carbonyl (C=O) groups excluding carboxylic acids is 1. The van der Waals surface area contributed by atoms with Gasteiger partial charge in [0.15, 0.2) is 0 Å². The second kappa shape index (κ2) is 6.86. The molecule has 0 bridgehead atoms. The van der Waals surface area contributed by atoms with Crippen LogP contribution >= 0.6 is 35.7 Å². The van der Waals surface area contributed by atoms with Crippen molar-refractivity contribution in [3.05, 3.63) is 70.1 Å². The molecular weight excluding hydrogens is 368 g/mol. The number of thiocarbonyl (C=S) groups is 1. The molecule has 0 unspecified atom stereocenters. The Hall–Kier alpha value is -1.76. The van der Waals surface area contributed by atoms with E-state index in [1.54, 1.807) is 16.7 Å². The Balaban J connectivity index is 1.67. The number of carbonyl (C=O) groups is 1. The van der Waals surface area contributed by atoms with Crippen LogP contribution in [0.15, 0.2) is 69.4 Å². The predicted molar refractivity (Wildman–Crippen MR) is 110 cm³/mol. The van der Waals surface area contributed by atoms with Gasteiger partial charge in [0.05, 0.1) is 12.2 Å². The Morgan fingerprint density at radius 1 is 0.960 bits per heavy atom. The molecule has 2 aliphatic rings. The molecule has 4 rings (SSSR count). The highest BCUT2D eigenvalue weighted by molar-refractivity contribution is 8.27. The molecule has 2 aliphatic heterocycles. The average Bonchev–Trinajstić information content (AvgIpc) is 3.14. The van der Waals surface area contributed by atoms with Crippen LogP contribution in [0, 0.1) is 0 Å². The SMILES string of the molecule is CCN1C(=C2SC(=S)N(Cc3ccccc3)C2=O)Sc2ccccc21. The number of hydrogen-bond donors (Lipinski definition) is 0. The largest absolute Gasteiger partial charge is 0.334 e. The number of hydrogen-bond acceptors (Lipinski definition) is 5. The minimum Gasteiger partial charge on any atom is -0.334 e. The first-order valence-corrected chi connectivity index (χ1v) is 10.1. The Morgan fingerprint density at radius 3 is 2.44 bits per heavy atom. The molecule has 1 fully saturated rings. The first-order valence-electron chi connectivity index (χ1n) is 8.05. The highest BCUT2D eigenvalue weighted by atomic mass is 32.2. The fraction of sp³-hybridized carbons (Fsp3) is 0.158. The zero-order valence-electron chi connectivity index (χ0n) is 13.6. The molecule has 0 spiro atoms. The molecule has 0 atom stereocenters. The molecule has 0 radical (unpaired) electrons. The van der Waals surface area contributed by atoms with E-state index in [2.05, 4.69) is 24.0 Å². The van der Waals surface area contributed by atoms with Crippen LogP contribution in [-0.2, 0) is 11.3 Å². The van der Waals surface area contributed by atoms with E-state index >= 15 is 0 Å². The smallest absolute Gasteiger partial charge is 0.269 e. The van der Waals surface area contributed by atoms with Crippen molar-refractivity contribution in [3.63, 3.8) is 0 Å². The van der Waals surface area contributed by atoms with Crippen LogP contribution in [0.5, 0.6) is 0 Å². The fourth-order valence-corrected chi connectivity index (χ4v) is 5.58. The van der Waals surface area contributed by atoms with Crippen molar-refractivity contribution < 1.29 is 4.79 Å². The lowest BCUT2D eigenvalue weighted by Crippen LogP contribution is -2.28. The summed E-state index contributed by atoms with van der Waals surface area (Å²) in [6, 6.07) is 18.2. The lowest BCUT2D eigenvalue weighted by atomic mass is 10.2. The van der Waals surface area contributed by atoms with Crippen molar-refractivity contribution in [2.75, 3.05) is 11.4 Å². The average molecular weight is 385 g/mol. The summed E-state index contributed by atoms with van der Waals surface area (Å²) in [6.45, 7) is 3.45. The van der Waals surface area contributed by atoms with E-state index in [1.165, 1.54) is 22.3 Å². The van der Waals surface area contributed by atoms with Crippen molar-refractivity contribution in [2.45, 2.75) is 18.4 Å². The summed E-state index contributed by atoms with van der Waals surface area (Å²) in [5.41, 5.74) is 2.25. The van der Waals surface area contributed by atoms with E-state index < -0.39 is 0 Å². The molecule has 126 valence electrons. The standard InChI is InChI=1S/C19H16N2OS3/c1-2-20-14-10-6-7-11-15(14)24-18(20)16-17(22)21(19(23)25-16)12-13-8-4-3-5-9-13/h3-11H,2,12H2,1H3. The maximum Gasteiger partial charge on any atom is 0.269 e. The van der Waals surface area contributed by atoms with E-state index in [1.807, 2.05) is 42.5 Å². The monoisotopic (exact) mass is 384 g/mol. The van der Waals surface area contributed by atoms with Gasteiger partial charge in [-0.15, -0.1) is 0 Å². The second-order valence-electron chi connectivity index (χ2n) is 5.69. The molecule has 6 heteroatoms. The van der Waals surface area contributed by atoms with Gasteiger partial charge >= 0.3 is 0 Å². The quantitative estimate of drug-likeness (QED) is 0.556. The van der Waals surface area contributed by atoms with E-state index in [9.17, 15) is 4.79 Å². The minimum absolute atomic E-state index is 0.00705. The van der Waals surface area contributed by atoms with Gasteiger partial charge in [0.2, 0.25) is 0 Å². The maximum atomic E-state index is 13.0. The molecule has 3 nitrogen and oxygen atoms in total. The van der Waals surface area contributed by atoms with E-state index in [0.717, 1.165) is 22.0 Å². The van der Waals surface area contributed by atoms with Crippen LogP contribution in [0.1, 0.15) is 12.5 Å². The Morgan fingerprint density at radius 2 is 1.68 bits per heavy atom. The number of benzene rings is 2. The summed E-state index contributed by atoms with van der Waals surface area (Å²) in [5, 5.41) is 0.997. The lowest BCUT2D eigenvalue weighted by molar-refractivity contribution is -0.122. The van der Waals surface area contributed by atoms with Gasteiger partial charge in [0.1, 0.15) is 14.3 Å². The molecule has 2 aromatic rings. The summed E-state index contributed by atoms with van der Waals surface area (Å²) < 4.78 is 0.629. The summed E-state index contributed by atoms with van der Waals surface area (Å²) in [5.74, 6) is 0.00705. The fourth-order valence-electron chi connectivity index (χ4n) is 2.95. The molecule has 0 aromatic heterocycles. The molecule has 25 heavy (non-hydrogen) atoms. The summed E-state index contributed by atoms with van der Waals surface area (Å²) in [6.07, 6.45) is 0. The number of rotatable bonds is 3. The Labute approximate surface area is 161 Å². The topological polar surface area (TPSA) is 23.6 Å². The van der Waals surface area contributed by atoms with Gasteiger partial charge in [-0.3, -0.25) is 9.69 Å². The van der Waals surface area contributed by atoms with Gasteiger partial charge in [-0.1, -0.05) is 78.2 Å². The summed E-state index contributed by atoms with van der Waals surface area (Å²) in [4.78, 5) is 18.9. The summed E-state index contributed by atoms with van der Waals surface area (Å²) in [7, 11) is 0. The number of thioether (sulfide) groups is 2. The third-order valence-electron chi connectivity index (χ3n) is 4.15. The Bertz CT molecular complexity index is 879. The van der Waals surface area contributed by atoms with Crippen molar-refractivity contribution in [1.29, 1.82) is 0 Å². The first kappa shape index (κ1) is 16.7. The highest BCUT2D eigenvalue weighted by Crippen LogP contribution is 2.50. The highest BCUT2D eigenvalue weighted by Gasteiger charge is 2.38. The number of para-hydroxylation sites is 1. The molecule has 1 saturated heterocycles. The molecule has 2 aromatic carbocycles. The van der Waals surface area contributed by atoms with E-state index in [0.29, 0.717) is 10.9 Å². The minimum atomic E-state index is 0.00705. The molecule has 1 amide bonds. The molecular formula is C19H16N2OS3. The van der Waals surface area contributed by atoms with Gasteiger partial charge in [-0.25, -0.2) is 0 Å². The van der Waals surface area contributed by atoms with Crippen molar-refractivity contribution in [3.8, 4) is 0 Å². The van der Waals surface area contributed by atoms with Gasteiger partial charge < -0.3 is 4.90 Å². The molecule has 0 aliphatic carbocycles. The van der Waals surface area contributed by atoms with E-state index in [4.69, 9.17) is 12.2 Å². The van der Waals surface area contributed by atoms with Crippen molar-refractivity contribution >= 4 is 51.7 Å². The predicted octanol–water partition coefficient (Wildman–Crippen LogP) is 4.85. The number of amides is 1. The number of fused-ring (bicyclic) bond motifs is 1. The zero-order chi connectivity index (χ0) is 17.4. The number of anilines is 1. The van der Waals surface area contributed by atoms with Crippen molar-refractivity contribution in [1.82, 2.24) is 4.90 Å². The molecule has 2 heterocycles. The molecule has 0 saturated carbocycles. The van der Waals surface area contributed by atoms with Crippen LogP contribution in [0.2, 0.25) is 0 Å². The zero-order valence-corrected chi connectivity index (χ0v) is 16.1. The van der Waals surface area contributed by atoms with Gasteiger partial charge in [-0.05, 0) is 24.6 Å². The Kier molecular flexibility index (Phi) is 4.58. The normalized spacial score (nSPS) is 19.7. The van der Waals surface area contributed by atoms with Crippen LogP contribution in [0.3, 0.4) is 0 Å². The molecule has 0 N–H and O–H groups in total. The maximum absolute atomic E-state index is 13.0. The van der Waals surface area contributed by atoms with Crippen LogP contribution < -0.4 is 4.90 Å². The first-order chi connectivity index (χ1) is 12.2. The third-order valence-corrected chi connectivity index (χ3v) is 6.90. The van der Waals surface area contributed by atoms with Gasteiger partial charge in [0.25, 0.3) is 5.91 Å².